The van der Waals surface area contributed by atoms with Gasteiger partial charge < -0.3 is 10.2 Å². The van der Waals surface area contributed by atoms with E-state index >= 15 is 0 Å². The van der Waals surface area contributed by atoms with Crippen molar-refractivity contribution in [2.45, 2.75) is 32.7 Å². The molecule has 1 atom stereocenters. The molecule has 1 fully saturated rings. The minimum Gasteiger partial charge on any atom is -0.368 e. The van der Waals surface area contributed by atoms with Gasteiger partial charge in [-0.2, -0.15) is 5.26 Å². The van der Waals surface area contributed by atoms with Gasteiger partial charge in [0.2, 0.25) is 5.91 Å². The van der Waals surface area contributed by atoms with Crippen molar-refractivity contribution < 1.29 is 4.79 Å². The number of halogens is 1. The van der Waals surface area contributed by atoms with Crippen LogP contribution in [0.1, 0.15) is 32.3 Å². The fraction of sp³-hybridized carbons (Fsp3) is 0.500. The number of rotatable bonds is 3. The molecular weight excluding hydrogens is 286 g/mol. The van der Waals surface area contributed by atoms with Crippen LogP contribution in [0.4, 0.5) is 5.69 Å². The molecule has 1 N–H and O–H groups in total. The first-order chi connectivity index (χ1) is 10.0. The second-order valence-corrected chi connectivity index (χ2v) is 6.16. The zero-order chi connectivity index (χ0) is 15.4. The van der Waals surface area contributed by atoms with Crippen molar-refractivity contribution >= 4 is 23.2 Å². The molecule has 0 radical (unpaired) electrons. The predicted molar refractivity (Wildman–Crippen MR) is 84.4 cm³/mol. The van der Waals surface area contributed by atoms with Gasteiger partial charge in [0.05, 0.1) is 11.3 Å². The highest BCUT2D eigenvalue weighted by Crippen LogP contribution is 2.27. The van der Waals surface area contributed by atoms with Gasteiger partial charge in [-0.3, -0.25) is 4.79 Å². The van der Waals surface area contributed by atoms with Crippen LogP contribution in [0.3, 0.4) is 0 Å². The molecule has 1 aliphatic heterocycles. The summed E-state index contributed by atoms with van der Waals surface area (Å²) in [5.41, 5.74) is 1.48. The summed E-state index contributed by atoms with van der Waals surface area (Å²) in [5.74, 6) is 0.0645. The third-order valence-electron chi connectivity index (χ3n) is 3.71. The van der Waals surface area contributed by atoms with E-state index in [0.29, 0.717) is 17.1 Å². The molecule has 1 aromatic rings. The number of carbonyl (C=O) groups excluding carboxylic acids is 1. The van der Waals surface area contributed by atoms with E-state index < -0.39 is 0 Å². The van der Waals surface area contributed by atoms with Crippen molar-refractivity contribution in [1.29, 1.82) is 5.26 Å². The average Bonchev–Trinajstić information content (AvgIpc) is 2.47. The Balaban J connectivity index is 2.13. The topological polar surface area (TPSA) is 56.1 Å². The number of carbonyl (C=O) groups is 1. The summed E-state index contributed by atoms with van der Waals surface area (Å²) < 4.78 is 0. The molecule has 1 heterocycles. The zero-order valence-corrected chi connectivity index (χ0v) is 13.2. The number of amides is 1. The maximum Gasteiger partial charge on any atom is 0.222 e. The lowest BCUT2D eigenvalue weighted by atomic mass is 10.0. The molecule has 2 rings (SSSR count). The second kappa shape index (κ2) is 6.82. The van der Waals surface area contributed by atoms with E-state index in [2.05, 4.69) is 16.3 Å². The highest BCUT2D eigenvalue weighted by atomic mass is 35.5. The predicted octanol–water partition coefficient (Wildman–Crippen LogP) is 2.95. The van der Waals surface area contributed by atoms with Crippen LogP contribution < -0.4 is 10.2 Å². The summed E-state index contributed by atoms with van der Waals surface area (Å²) in [6.07, 6.45) is 1.96. The van der Waals surface area contributed by atoms with Crippen LogP contribution in [0.25, 0.3) is 0 Å². The Hall–Kier alpha value is -1.73. The number of anilines is 1. The number of nitriles is 1. The second-order valence-electron chi connectivity index (χ2n) is 5.72. The number of hydrogen-bond donors (Lipinski definition) is 1. The zero-order valence-electron chi connectivity index (χ0n) is 12.4. The molecule has 0 aliphatic carbocycles. The van der Waals surface area contributed by atoms with Gasteiger partial charge in [-0.25, -0.2) is 0 Å². The van der Waals surface area contributed by atoms with Crippen LogP contribution >= 0.6 is 11.6 Å². The van der Waals surface area contributed by atoms with Crippen molar-refractivity contribution in [2.24, 2.45) is 5.92 Å². The van der Waals surface area contributed by atoms with Gasteiger partial charge in [0.25, 0.3) is 0 Å². The van der Waals surface area contributed by atoms with Crippen molar-refractivity contribution in [1.82, 2.24) is 5.32 Å². The maximum atomic E-state index is 11.8. The summed E-state index contributed by atoms with van der Waals surface area (Å²) in [6.45, 7) is 5.37. The molecule has 21 heavy (non-hydrogen) atoms. The lowest BCUT2D eigenvalue weighted by molar-refractivity contribution is -0.124. The van der Waals surface area contributed by atoms with E-state index in [1.54, 1.807) is 12.1 Å². The smallest absolute Gasteiger partial charge is 0.222 e. The lowest BCUT2D eigenvalue weighted by Crippen LogP contribution is -2.49. The molecule has 0 saturated carbocycles. The highest BCUT2D eigenvalue weighted by molar-refractivity contribution is 6.30. The van der Waals surface area contributed by atoms with Crippen LogP contribution in [0.2, 0.25) is 5.02 Å². The highest BCUT2D eigenvalue weighted by Gasteiger charge is 2.24. The van der Waals surface area contributed by atoms with Crippen LogP contribution in [0.5, 0.6) is 0 Å². The summed E-state index contributed by atoms with van der Waals surface area (Å²) >= 11 is 6.05. The molecule has 4 nitrogen and oxygen atoms in total. The third-order valence-corrected chi connectivity index (χ3v) is 3.95. The third kappa shape index (κ3) is 3.89. The molecule has 1 unspecified atom stereocenters. The summed E-state index contributed by atoms with van der Waals surface area (Å²) in [5, 5.41) is 12.9. The summed E-state index contributed by atoms with van der Waals surface area (Å²) in [4.78, 5) is 14.0. The van der Waals surface area contributed by atoms with Crippen molar-refractivity contribution in [2.75, 3.05) is 18.0 Å². The minimum absolute atomic E-state index is 0.0128. The quantitative estimate of drug-likeness (QED) is 0.934. The van der Waals surface area contributed by atoms with E-state index in [1.807, 2.05) is 19.9 Å². The number of benzene rings is 1. The Labute approximate surface area is 130 Å². The normalized spacial score (nSPS) is 18.4. The van der Waals surface area contributed by atoms with E-state index in [4.69, 9.17) is 11.6 Å². The van der Waals surface area contributed by atoms with E-state index in [1.165, 1.54) is 0 Å². The molecule has 1 aromatic carbocycles. The maximum absolute atomic E-state index is 11.8. The largest absolute Gasteiger partial charge is 0.368 e. The Morgan fingerprint density at radius 2 is 2.29 bits per heavy atom. The van der Waals surface area contributed by atoms with E-state index in [0.717, 1.165) is 25.1 Å². The first-order valence-corrected chi connectivity index (χ1v) is 7.64. The van der Waals surface area contributed by atoms with Crippen molar-refractivity contribution in [3.05, 3.63) is 28.8 Å². The number of hydrogen-bond acceptors (Lipinski definition) is 3. The fourth-order valence-corrected chi connectivity index (χ4v) is 2.71. The van der Waals surface area contributed by atoms with Gasteiger partial charge in [0, 0.05) is 30.1 Å². The van der Waals surface area contributed by atoms with Gasteiger partial charge in [0.1, 0.15) is 6.07 Å². The molecule has 1 amide bonds. The summed E-state index contributed by atoms with van der Waals surface area (Å²) in [6, 6.07) is 7.63. The monoisotopic (exact) mass is 305 g/mol. The lowest BCUT2D eigenvalue weighted by Gasteiger charge is -2.35. The molecule has 0 aromatic heterocycles. The molecule has 0 spiro atoms. The molecule has 5 heteroatoms. The molecule has 112 valence electrons. The molecule has 0 bridgehead atoms. The first-order valence-electron chi connectivity index (χ1n) is 7.26. The molecular formula is C16H20ClN3O. The Morgan fingerprint density at radius 1 is 1.52 bits per heavy atom. The van der Waals surface area contributed by atoms with Crippen LogP contribution in [-0.4, -0.2) is 25.0 Å². The number of piperidine rings is 1. The van der Waals surface area contributed by atoms with E-state index in [9.17, 15) is 10.1 Å². The Kier molecular flexibility index (Phi) is 5.08. The first kappa shape index (κ1) is 15.7. The van der Waals surface area contributed by atoms with Crippen LogP contribution in [-0.2, 0) is 4.79 Å². The minimum atomic E-state index is -0.0128. The van der Waals surface area contributed by atoms with Gasteiger partial charge in [-0.1, -0.05) is 25.4 Å². The van der Waals surface area contributed by atoms with Crippen molar-refractivity contribution in [3.63, 3.8) is 0 Å². The van der Waals surface area contributed by atoms with Crippen molar-refractivity contribution in [3.8, 4) is 6.07 Å². The molecule has 1 aliphatic rings. The SMILES string of the molecule is CC(C)C(=O)NC1CCCN(c2cc(Cl)ccc2C#N)C1. The summed E-state index contributed by atoms with van der Waals surface area (Å²) in [7, 11) is 0. The average molecular weight is 306 g/mol. The van der Waals surface area contributed by atoms with Crippen LogP contribution in [0.15, 0.2) is 18.2 Å². The van der Waals surface area contributed by atoms with Gasteiger partial charge in [-0.05, 0) is 31.0 Å². The Bertz CT molecular complexity index is 565. The molecule has 1 saturated heterocycles. The van der Waals surface area contributed by atoms with E-state index in [-0.39, 0.29) is 17.9 Å². The van der Waals surface area contributed by atoms with Gasteiger partial charge in [-0.15, -0.1) is 0 Å². The van der Waals surface area contributed by atoms with Gasteiger partial charge >= 0.3 is 0 Å². The fourth-order valence-electron chi connectivity index (χ4n) is 2.54. The Morgan fingerprint density at radius 3 is 2.95 bits per heavy atom. The number of nitrogens with one attached hydrogen (secondary N) is 1. The van der Waals surface area contributed by atoms with Crippen LogP contribution in [0, 0.1) is 17.2 Å². The van der Waals surface area contributed by atoms with Gasteiger partial charge in [0.15, 0.2) is 0 Å². The number of nitrogens with zero attached hydrogens (tertiary/aromatic N) is 2. The standard InChI is InChI=1S/C16H20ClN3O/c1-11(2)16(21)19-14-4-3-7-20(10-14)15-8-13(17)6-5-12(15)9-18/h5-6,8,11,14H,3-4,7,10H2,1-2H3,(H,19,21).